The van der Waals surface area contributed by atoms with Gasteiger partial charge < -0.3 is 4.42 Å². The van der Waals surface area contributed by atoms with Crippen molar-refractivity contribution >= 4 is 10.0 Å². The Balaban J connectivity index is 1.49. The summed E-state index contributed by atoms with van der Waals surface area (Å²) in [6.07, 6.45) is 0. The Kier molecular flexibility index (Phi) is 5.35. The molecule has 0 radical (unpaired) electrons. The minimum absolute atomic E-state index is 0.0195. The number of sulfonamides is 1. The van der Waals surface area contributed by atoms with E-state index in [4.69, 9.17) is 9.56 Å². The minimum atomic E-state index is -3.38. The lowest BCUT2D eigenvalue weighted by atomic mass is 10.2. The molecular formula is C17H23N3O3S. The van der Waals surface area contributed by atoms with Crippen molar-refractivity contribution in [1.29, 1.82) is 0 Å². The van der Waals surface area contributed by atoms with Crippen molar-refractivity contribution in [1.82, 2.24) is 9.80 Å². The van der Waals surface area contributed by atoms with Crippen LogP contribution in [0.4, 0.5) is 0 Å². The molecule has 7 heteroatoms. The molecule has 130 valence electrons. The van der Waals surface area contributed by atoms with Gasteiger partial charge in [-0.25, -0.2) is 13.6 Å². The molecule has 2 heterocycles. The molecule has 1 saturated heterocycles. The van der Waals surface area contributed by atoms with Crippen molar-refractivity contribution in [3.63, 3.8) is 0 Å². The highest BCUT2D eigenvalue weighted by molar-refractivity contribution is 7.89. The zero-order valence-electron chi connectivity index (χ0n) is 13.6. The summed E-state index contributed by atoms with van der Waals surface area (Å²) in [6, 6.07) is 14.1. The van der Waals surface area contributed by atoms with Crippen LogP contribution >= 0.6 is 0 Å². The molecule has 1 aromatic carbocycles. The molecule has 0 atom stereocenters. The summed E-state index contributed by atoms with van der Waals surface area (Å²) >= 11 is 0. The Labute approximate surface area is 142 Å². The smallest absolute Gasteiger partial charge is 0.210 e. The predicted octanol–water partition coefficient (Wildman–Crippen LogP) is 1.35. The second-order valence-corrected chi connectivity index (χ2v) is 7.85. The van der Waals surface area contributed by atoms with E-state index in [0.29, 0.717) is 6.54 Å². The maximum absolute atomic E-state index is 11.0. The number of hydrogen-bond acceptors (Lipinski definition) is 5. The van der Waals surface area contributed by atoms with Gasteiger partial charge in [-0.05, 0) is 12.1 Å². The Morgan fingerprint density at radius 1 is 0.958 bits per heavy atom. The lowest BCUT2D eigenvalue weighted by Crippen LogP contribution is -2.47. The first kappa shape index (κ1) is 17.2. The molecule has 0 spiro atoms. The van der Waals surface area contributed by atoms with E-state index in [-0.39, 0.29) is 5.75 Å². The molecule has 2 N–H and O–H groups in total. The Bertz CT molecular complexity index is 750. The summed E-state index contributed by atoms with van der Waals surface area (Å²) in [5.41, 5.74) is 1.08. The van der Waals surface area contributed by atoms with E-state index in [1.54, 1.807) is 0 Å². The summed E-state index contributed by atoms with van der Waals surface area (Å²) in [6.45, 7) is 4.77. The van der Waals surface area contributed by atoms with Gasteiger partial charge in [-0.2, -0.15) is 0 Å². The van der Waals surface area contributed by atoms with Crippen LogP contribution < -0.4 is 5.14 Å². The fourth-order valence-electron chi connectivity index (χ4n) is 2.87. The second-order valence-electron chi connectivity index (χ2n) is 6.12. The van der Waals surface area contributed by atoms with Crippen molar-refractivity contribution in [2.24, 2.45) is 5.14 Å². The topological polar surface area (TPSA) is 79.8 Å². The number of piperazine rings is 1. The van der Waals surface area contributed by atoms with Gasteiger partial charge in [0.2, 0.25) is 10.0 Å². The van der Waals surface area contributed by atoms with E-state index in [1.165, 1.54) is 0 Å². The third kappa shape index (κ3) is 4.91. The van der Waals surface area contributed by atoms with Crippen molar-refractivity contribution in [2.75, 3.05) is 38.5 Å². The molecule has 1 aliphatic rings. The Morgan fingerprint density at radius 2 is 1.62 bits per heavy atom. The highest BCUT2D eigenvalue weighted by Crippen LogP contribution is 2.22. The van der Waals surface area contributed by atoms with Gasteiger partial charge in [0, 0.05) is 38.3 Å². The number of hydrogen-bond donors (Lipinski definition) is 1. The standard InChI is InChI=1S/C17H23N3O3S/c18-24(21,22)13-12-19-8-10-20(11-9-19)14-16-6-7-17(23-16)15-4-2-1-3-5-15/h1-7H,8-14H2,(H2,18,21,22). The van der Waals surface area contributed by atoms with Crippen LogP contribution in [0.3, 0.4) is 0 Å². The summed E-state index contributed by atoms with van der Waals surface area (Å²) in [5.74, 6) is 1.86. The molecule has 6 nitrogen and oxygen atoms in total. The molecule has 3 rings (SSSR count). The zero-order chi connectivity index (χ0) is 17.0. The van der Waals surface area contributed by atoms with Crippen LogP contribution in [0.5, 0.6) is 0 Å². The van der Waals surface area contributed by atoms with Gasteiger partial charge in [0.05, 0.1) is 12.3 Å². The molecule has 0 amide bonds. The summed E-state index contributed by atoms with van der Waals surface area (Å²) in [7, 11) is -3.38. The first-order valence-electron chi connectivity index (χ1n) is 8.09. The quantitative estimate of drug-likeness (QED) is 0.852. The van der Waals surface area contributed by atoms with E-state index in [0.717, 1.165) is 49.8 Å². The van der Waals surface area contributed by atoms with Crippen LogP contribution in [0.15, 0.2) is 46.9 Å². The second kappa shape index (κ2) is 7.48. The SMILES string of the molecule is NS(=O)(=O)CCN1CCN(Cc2ccc(-c3ccccc3)o2)CC1. The van der Waals surface area contributed by atoms with E-state index in [2.05, 4.69) is 9.80 Å². The maximum atomic E-state index is 11.0. The van der Waals surface area contributed by atoms with Crippen LogP contribution in [0.2, 0.25) is 0 Å². The van der Waals surface area contributed by atoms with Crippen LogP contribution in [0.1, 0.15) is 5.76 Å². The van der Waals surface area contributed by atoms with Gasteiger partial charge in [-0.1, -0.05) is 30.3 Å². The largest absolute Gasteiger partial charge is 0.460 e. The monoisotopic (exact) mass is 349 g/mol. The van der Waals surface area contributed by atoms with Crippen LogP contribution in [0.25, 0.3) is 11.3 Å². The molecule has 24 heavy (non-hydrogen) atoms. The number of nitrogens with zero attached hydrogens (tertiary/aromatic N) is 2. The average Bonchev–Trinajstić information content (AvgIpc) is 3.03. The number of rotatable bonds is 6. The first-order valence-corrected chi connectivity index (χ1v) is 9.80. The lowest BCUT2D eigenvalue weighted by molar-refractivity contribution is 0.126. The van der Waals surface area contributed by atoms with E-state index >= 15 is 0 Å². The first-order chi connectivity index (χ1) is 11.5. The highest BCUT2D eigenvalue weighted by atomic mass is 32.2. The molecule has 2 aromatic rings. The number of primary sulfonamides is 1. The van der Waals surface area contributed by atoms with Crippen molar-refractivity contribution in [3.05, 3.63) is 48.2 Å². The lowest BCUT2D eigenvalue weighted by Gasteiger charge is -2.33. The number of benzene rings is 1. The Morgan fingerprint density at radius 3 is 2.29 bits per heavy atom. The molecular weight excluding hydrogens is 326 g/mol. The maximum Gasteiger partial charge on any atom is 0.210 e. The average molecular weight is 349 g/mol. The molecule has 1 aromatic heterocycles. The fraction of sp³-hybridized carbons (Fsp3) is 0.412. The van der Waals surface area contributed by atoms with Crippen molar-refractivity contribution in [2.45, 2.75) is 6.54 Å². The normalized spacial score (nSPS) is 17.2. The summed E-state index contributed by atoms with van der Waals surface area (Å²) in [5, 5.41) is 5.06. The molecule has 0 unspecified atom stereocenters. The highest BCUT2D eigenvalue weighted by Gasteiger charge is 2.19. The van der Waals surface area contributed by atoms with Gasteiger partial charge in [0.1, 0.15) is 11.5 Å². The predicted molar refractivity (Wildman–Crippen MR) is 93.8 cm³/mol. The Hall–Kier alpha value is -1.67. The van der Waals surface area contributed by atoms with Gasteiger partial charge in [0.15, 0.2) is 0 Å². The van der Waals surface area contributed by atoms with Gasteiger partial charge >= 0.3 is 0 Å². The molecule has 1 aliphatic heterocycles. The third-order valence-electron chi connectivity index (χ3n) is 4.26. The number of nitrogens with two attached hydrogens (primary N) is 1. The molecule has 0 aliphatic carbocycles. The zero-order valence-corrected chi connectivity index (χ0v) is 14.4. The minimum Gasteiger partial charge on any atom is -0.460 e. The van der Waals surface area contributed by atoms with E-state index in [1.807, 2.05) is 42.5 Å². The van der Waals surface area contributed by atoms with Gasteiger partial charge in [-0.15, -0.1) is 0 Å². The van der Waals surface area contributed by atoms with Crippen LogP contribution in [-0.4, -0.2) is 56.7 Å². The van der Waals surface area contributed by atoms with E-state index < -0.39 is 10.0 Å². The van der Waals surface area contributed by atoms with Gasteiger partial charge in [-0.3, -0.25) is 9.80 Å². The van der Waals surface area contributed by atoms with Crippen LogP contribution in [0, 0.1) is 0 Å². The molecule has 1 fully saturated rings. The number of furan rings is 1. The van der Waals surface area contributed by atoms with Gasteiger partial charge in [0.25, 0.3) is 0 Å². The van der Waals surface area contributed by atoms with Crippen molar-refractivity contribution in [3.8, 4) is 11.3 Å². The summed E-state index contributed by atoms with van der Waals surface area (Å²) < 4.78 is 28.0. The summed E-state index contributed by atoms with van der Waals surface area (Å²) in [4.78, 5) is 4.46. The fourth-order valence-corrected chi connectivity index (χ4v) is 3.38. The van der Waals surface area contributed by atoms with Crippen molar-refractivity contribution < 1.29 is 12.8 Å². The third-order valence-corrected chi connectivity index (χ3v) is 5.01. The van der Waals surface area contributed by atoms with Crippen LogP contribution in [-0.2, 0) is 16.6 Å². The molecule has 0 saturated carbocycles. The molecule has 0 bridgehead atoms. The van der Waals surface area contributed by atoms with E-state index in [9.17, 15) is 8.42 Å².